The molecule has 0 aliphatic carbocycles. The number of carbonyl (C=O) groups excluding carboxylic acids is 2. The van der Waals surface area contributed by atoms with Crippen LogP contribution in [0.3, 0.4) is 0 Å². The van der Waals surface area contributed by atoms with Crippen LogP contribution in [0.4, 0.5) is 0 Å². The number of hydrogen-bond donors (Lipinski definition) is 4. The van der Waals surface area contributed by atoms with E-state index < -0.39 is 5.60 Å². The second-order valence-electron chi connectivity index (χ2n) is 8.23. The van der Waals surface area contributed by atoms with E-state index in [2.05, 4.69) is 27.5 Å². The Morgan fingerprint density at radius 2 is 2.10 bits per heavy atom. The highest BCUT2D eigenvalue weighted by Crippen LogP contribution is 2.28. The van der Waals surface area contributed by atoms with Gasteiger partial charge in [0.15, 0.2) is 0 Å². The van der Waals surface area contributed by atoms with Crippen molar-refractivity contribution in [2.75, 3.05) is 13.1 Å². The van der Waals surface area contributed by atoms with Crippen molar-refractivity contribution >= 4 is 22.7 Å². The minimum absolute atomic E-state index is 0.0313. The normalized spacial score (nSPS) is 13.2. The predicted molar refractivity (Wildman–Crippen MR) is 120 cm³/mol. The lowest BCUT2D eigenvalue weighted by atomic mass is 9.94. The van der Waals surface area contributed by atoms with Crippen molar-refractivity contribution in [2.24, 2.45) is 0 Å². The Bertz CT molecular complexity index is 1220. The fourth-order valence-corrected chi connectivity index (χ4v) is 3.81. The van der Waals surface area contributed by atoms with Gasteiger partial charge in [-0.3, -0.25) is 9.59 Å². The lowest BCUT2D eigenvalue weighted by molar-refractivity contribution is 0.0941. The highest BCUT2D eigenvalue weighted by Gasteiger charge is 2.21. The number of benzene rings is 2. The maximum absolute atomic E-state index is 12.6. The molecule has 31 heavy (non-hydrogen) atoms. The third-order valence-electron chi connectivity index (χ3n) is 5.26. The maximum Gasteiger partial charge on any atom is 0.251 e. The Kier molecular flexibility index (Phi) is 5.53. The summed E-state index contributed by atoms with van der Waals surface area (Å²) in [6, 6.07) is 10.8. The fraction of sp³-hybridized carbons (Fsp3) is 0.280. The van der Waals surface area contributed by atoms with Crippen LogP contribution in [0.1, 0.15) is 51.3 Å². The first-order chi connectivity index (χ1) is 14.8. The zero-order chi connectivity index (χ0) is 22.0. The zero-order valence-corrected chi connectivity index (χ0v) is 17.6. The smallest absolute Gasteiger partial charge is 0.251 e. The highest BCUT2D eigenvalue weighted by molar-refractivity contribution is 6.03. The van der Waals surface area contributed by atoms with Crippen molar-refractivity contribution in [1.29, 1.82) is 0 Å². The summed E-state index contributed by atoms with van der Waals surface area (Å²) in [5, 5.41) is 16.7. The second kappa shape index (κ2) is 8.29. The van der Waals surface area contributed by atoms with Crippen molar-refractivity contribution in [2.45, 2.75) is 32.3 Å². The summed E-state index contributed by atoms with van der Waals surface area (Å²) in [5.74, 6) is 5.44. The lowest BCUT2D eigenvalue weighted by Gasteiger charge is -2.18. The number of fused-ring (bicyclic) bond motifs is 3. The number of aromatic amines is 1. The van der Waals surface area contributed by atoms with Crippen LogP contribution >= 0.6 is 0 Å². The van der Waals surface area contributed by atoms with E-state index in [1.165, 1.54) is 0 Å². The van der Waals surface area contributed by atoms with E-state index in [0.29, 0.717) is 30.6 Å². The van der Waals surface area contributed by atoms with Crippen molar-refractivity contribution in [1.82, 2.24) is 15.6 Å². The Balaban J connectivity index is 1.46. The number of H-pyrrole nitrogens is 1. The van der Waals surface area contributed by atoms with Crippen molar-refractivity contribution in [3.8, 4) is 11.8 Å². The van der Waals surface area contributed by atoms with E-state index in [0.717, 1.165) is 34.0 Å². The molecule has 158 valence electrons. The molecule has 0 fully saturated rings. The molecule has 6 heteroatoms. The number of rotatable bonds is 4. The second-order valence-corrected chi connectivity index (χ2v) is 8.23. The molecular formula is C25H25N3O3. The fourth-order valence-electron chi connectivity index (χ4n) is 3.81. The van der Waals surface area contributed by atoms with Crippen LogP contribution < -0.4 is 10.6 Å². The third kappa shape index (κ3) is 4.62. The van der Waals surface area contributed by atoms with Crippen LogP contribution in [0.15, 0.2) is 42.6 Å². The largest absolute Gasteiger partial charge is 0.378 e. The molecule has 0 spiro atoms. The van der Waals surface area contributed by atoms with Gasteiger partial charge in [0.1, 0.15) is 5.60 Å². The average molecular weight is 415 g/mol. The molecule has 6 nitrogen and oxygen atoms in total. The molecule has 1 aromatic heterocycles. The van der Waals surface area contributed by atoms with Crippen molar-refractivity contribution in [3.05, 3.63) is 70.4 Å². The summed E-state index contributed by atoms with van der Waals surface area (Å²) in [6.07, 6.45) is 3.41. The van der Waals surface area contributed by atoms with Gasteiger partial charge in [-0.25, -0.2) is 0 Å². The first-order valence-corrected chi connectivity index (χ1v) is 10.4. The molecule has 1 aliphatic rings. The van der Waals surface area contributed by atoms with Crippen LogP contribution in [0.2, 0.25) is 0 Å². The first kappa shape index (κ1) is 20.7. The molecule has 2 aromatic carbocycles. The van der Waals surface area contributed by atoms with Gasteiger partial charge in [-0.1, -0.05) is 17.9 Å². The van der Waals surface area contributed by atoms with E-state index >= 15 is 0 Å². The lowest BCUT2D eigenvalue weighted by Crippen LogP contribution is -2.32. The number of carbonyl (C=O) groups is 2. The minimum atomic E-state index is -1.09. The third-order valence-corrected chi connectivity index (χ3v) is 5.26. The van der Waals surface area contributed by atoms with Gasteiger partial charge < -0.3 is 20.7 Å². The molecule has 0 saturated carbocycles. The van der Waals surface area contributed by atoms with Gasteiger partial charge in [0.05, 0.1) is 0 Å². The van der Waals surface area contributed by atoms with Gasteiger partial charge in [0.2, 0.25) is 0 Å². The number of aromatic nitrogens is 1. The van der Waals surface area contributed by atoms with Crippen LogP contribution in [0.5, 0.6) is 0 Å². The Labute approximate surface area is 181 Å². The average Bonchev–Trinajstić information content (AvgIpc) is 3.16. The Morgan fingerprint density at radius 1 is 1.26 bits per heavy atom. The van der Waals surface area contributed by atoms with Gasteiger partial charge in [-0.2, -0.15) is 0 Å². The van der Waals surface area contributed by atoms with Crippen molar-refractivity contribution < 1.29 is 14.7 Å². The molecule has 0 unspecified atom stereocenters. The molecule has 1 aliphatic heterocycles. The predicted octanol–water partition coefficient (Wildman–Crippen LogP) is 2.55. The van der Waals surface area contributed by atoms with Crippen LogP contribution in [0, 0.1) is 11.8 Å². The molecular weight excluding hydrogens is 390 g/mol. The molecule has 0 saturated heterocycles. The molecule has 0 atom stereocenters. The number of hydrogen-bond acceptors (Lipinski definition) is 3. The zero-order valence-electron chi connectivity index (χ0n) is 17.6. The standard InChI is InChI=1S/C25H25N3O3/c1-25(2,31)11-8-16-4-3-5-17(14-16)23(29)26-12-9-18-15-28-21-7-6-20-19(22(18)21)10-13-27-24(20)30/h3-7,14-15,28,31H,9-10,12-13H2,1-2H3,(H,26,29)(H,27,30). The Morgan fingerprint density at radius 3 is 2.90 bits per heavy atom. The molecule has 0 bridgehead atoms. The molecule has 4 N–H and O–H groups in total. The van der Waals surface area contributed by atoms with Crippen LogP contribution in [-0.4, -0.2) is 40.6 Å². The van der Waals surface area contributed by atoms with E-state index in [4.69, 9.17) is 0 Å². The number of nitrogens with one attached hydrogen (secondary N) is 3. The van der Waals surface area contributed by atoms with Gasteiger partial charge in [0, 0.05) is 46.9 Å². The van der Waals surface area contributed by atoms with Crippen molar-refractivity contribution in [3.63, 3.8) is 0 Å². The first-order valence-electron chi connectivity index (χ1n) is 10.4. The van der Waals surface area contributed by atoms with E-state index in [9.17, 15) is 14.7 Å². The van der Waals surface area contributed by atoms with Gasteiger partial charge in [-0.05, 0) is 68.1 Å². The van der Waals surface area contributed by atoms with Crippen LogP contribution in [0.25, 0.3) is 10.9 Å². The molecule has 3 aromatic rings. The summed E-state index contributed by atoms with van der Waals surface area (Å²) in [6.45, 7) is 4.34. The molecule has 2 amide bonds. The summed E-state index contributed by atoms with van der Waals surface area (Å²) in [5.41, 5.74) is 4.01. The summed E-state index contributed by atoms with van der Waals surface area (Å²) in [7, 11) is 0. The topological polar surface area (TPSA) is 94.2 Å². The van der Waals surface area contributed by atoms with Gasteiger partial charge in [0.25, 0.3) is 11.8 Å². The van der Waals surface area contributed by atoms with E-state index in [1.54, 1.807) is 38.1 Å². The maximum atomic E-state index is 12.6. The molecule has 4 rings (SSSR count). The highest BCUT2D eigenvalue weighted by atomic mass is 16.3. The van der Waals surface area contributed by atoms with E-state index in [-0.39, 0.29) is 11.8 Å². The minimum Gasteiger partial charge on any atom is -0.378 e. The van der Waals surface area contributed by atoms with Gasteiger partial charge in [-0.15, -0.1) is 0 Å². The van der Waals surface area contributed by atoms with Crippen LogP contribution in [-0.2, 0) is 12.8 Å². The summed E-state index contributed by atoms with van der Waals surface area (Å²) < 4.78 is 0. The Hall–Kier alpha value is -3.56. The molecule has 0 radical (unpaired) electrons. The summed E-state index contributed by atoms with van der Waals surface area (Å²) >= 11 is 0. The van der Waals surface area contributed by atoms with E-state index in [1.807, 2.05) is 18.3 Å². The molecule has 2 heterocycles. The monoisotopic (exact) mass is 415 g/mol. The SMILES string of the molecule is CC(C)(O)C#Cc1cccc(C(=O)NCCc2c[nH]c3ccc4c(c23)CCNC4=O)c1. The number of amides is 2. The quantitative estimate of drug-likeness (QED) is 0.493. The van der Waals surface area contributed by atoms with Gasteiger partial charge >= 0.3 is 0 Å². The summed E-state index contributed by atoms with van der Waals surface area (Å²) in [4.78, 5) is 28.0. The number of aliphatic hydroxyl groups is 1.